The van der Waals surface area contributed by atoms with Crippen LogP contribution >= 0.6 is 0 Å². The van der Waals surface area contributed by atoms with Crippen molar-refractivity contribution in [2.24, 2.45) is 5.92 Å². The van der Waals surface area contributed by atoms with E-state index in [1.807, 2.05) is 48.7 Å². The predicted molar refractivity (Wildman–Crippen MR) is 108 cm³/mol. The standard InChI is InChI=1S/C24H24FNO/c1-2-3-6-14-26-16-22(20-13-12-18(25)15-23(20)26)24(27)21-11-7-9-17-8-4-5-10-19(17)21/h4-5,7-12,15-16,20H,2-3,6,13-14H2,1H3. The fourth-order valence-electron chi connectivity index (χ4n) is 4.08. The summed E-state index contributed by atoms with van der Waals surface area (Å²) >= 11 is 0. The zero-order valence-electron chi connectivity index (χ0n) is 15.6. The molecule has 0 aromatic heterocycles. The third-order valence-electron chi connectivity index (χ3n) is 5.49. The van der Waals surface area contributed by atoms with Crippen molar-refractivity contribution in [3.63, 3.8) is 0 Å². The molecular weight excluding hydrogens is 337 g/mol. The number of nitrogens with zero attached hydrogens (tertiary/aromatic N) is 1. The Morgan fingerprint density at radius 3 is 2.81 bits per heavy atom. The molecule has 2 aromatic carbocycles. The van der Waals surface area contributed by atoms with E-state index in [4.69, 9.17) is 0 Å². The number of halogens is 1. The summed E-state index contributed by atoms with van der Waals surface area (Å²) in [7, 11) is 0. The van der Waals surface area contributed by atoms with Crippen molar-refractivity contribution in [3.05, 3.63) is 83.5 Å². The van der Waals surface area contributed by atoms with Gasteiger partial charge in [0.15, 0.2) is 5.78 Å². The highest BCUT2D eigenvalue weighted by molar-refractivity contribution is 6.16. The van der Waals surface area contributed by atoms with E-state index < -0.39 is 0 Å². The molecule has 27 heavy (non-hydrogen) atoms. The molecule has 0 radical (unpaired) electrons. The van der Waals surface area contributed by atoms with Gasteiger partial charge in [0.25, 0.3) is 0 Å². The number of unbranched alkanes of at least 4 members (excludes halogenated alkanes) is 2. The van der Waals surface area contributed by atoms with Crippen LogP contribution in [0.2, 0.25) is 0 Å². The lowest BCUT2D eigenvalue weighted by molar-refractivity contribution is 0.102. The number of allylic oxidation sites excluding steroid dienone is 4. The van der Waals surface area contributed by atoms with Gasteiger partial charge in [0, 0.05) is 35.5 Å². The van der Waals surface area contributed by atoms with E-state index in [1.54, 1.807) is 12.2 Å². The maximum absolute atomic E-state index is 13.9. The van der Waals surface area contributed by atoms with Crippen molar-refractivity contribution in [2.75, 3.05) is 6.54 Å². The second-order valence-electron chi connectivity index (χ2n) is 7.29. The van der Waals surface area contributed by atoms with Crippen molar-refractivity contribution in [2.45, 2.75) is 32.6 Å². The van der Waals surface area contributed by atoms with Crippen LogP contribution in [0.25, 0.3) is 10.8 Å². The van der Waals surface area contributed by atoms with Gasteiger partial charge in [-0.05, 0) is 35.8 Å². The lowest BCUT2D eigenvalue weighted by Gasteiger charge is -2.24. The first kappa shape index (κ1) is 17.7. The van der Waals surface area contributed by atoms with Crippen molar-refractivity contribution < 1.29 is 9.18 Å². The second kappa shape index (κ2) is 7.51. The number of hydrogen-bond acceptors (Lipinski definition) is 2. The number of carbonyl (C=O) groups is 1. The maximum atomic E-state index is 13.9. The number of carbonyl (C=O) groups excluding carboxylic acids is 1. The molecular formula is C24H24FNO. The number of ketones is 1. The van der Waals surface area contributed by atoms with Gasteiger partial charge in [-0.1, -0.05) is 62.2 Å². The molecule has 2 aromatic rings. The van der Waals surface area contributed by atoms with Gasteiger partial charge in [-0.25, -0.2) is 4.39 Å². The van der Waals surface area contributed by atoms with Crippen LogP contribution in [0.3, 0.4) is 0 Å². The normalized spacial score (nSPS) is 18.8. The molecule has 138 valence electrons. The number of hydrogen-bond donors (Lipinski definition) is 0. The highest BCUT2D eigenvalue weighted by Gasteiger charge is 2.35. The molecule has 0 spiro atoms. The smallest absolute Gasteiger partial charge is 0.191 e. The topological polar surface area (TPSA) is 20.3 Å². The molecule has 0 amide bonds. The fraction of sp³-hybridized carbons (Fsp3) is 0.292. The fourth-order valence-corrected chi connectivity index (χ4v) is 4.08. The molecule has 0 saturated heterocycles. The van der Waals surface area contributed by atoms with E-state index in [-0.39, 0.29) is 17.5 Å². The average molecular weight is 361 g/mol. The van der Waals surface area contributed by atoms with Crippen LogP contribution in [-0.2, 0) is 0 Å². The Kier molecular flexibility index (Phi) is 4.93. The van der Waals surface area contributed by atoms with Crippen molar-refractivity contribution in [1.82, 2.24) is 4.90 Å². The van der Waals surface area contributed by atoms with Crippen LogP contribution in [0.15, 0.2) is 77.9 Å². The van der Waals surface area contributed by atoms with Gasteiger partial charge < -0.3 is 4.90 Å². The minimum atomic E-state index is -0.200. The van der Waals surface area contributed by atoms with Crippen LogP contribution in [0.1, 0.15) is 43.0 Å². The molecule has 1 atom stereocenters. The van der Waals surface area contributed by atoms with Crippen LogP contribution in [0.5, 0.6) is 0 Å². The van der Waals surface area contributed by atoms with Gasteiger partial charge in [0.2, 0.25) is 0 Å². The van der Waals surface area contributed by atoms with E-state index in [0.29, 0.717) is 6.42 Å². The van der Waals surface area contributed by atoms with Gasteiger partial charge in [-0.15, -0.1) is 0 Å². The minimum absolute atomic E-state index is 0.0439. The Morgan fingerprint density at radius 1 is 1.15 bits per heavy atom. The summed E-state index contributed by atoms with van der Waals surface area (Å²) in [5.74, 6) is -0.192. The van der Waals surface area contributed by atoms with Gasteiger partial charge in [-0.2, -0.15) is 0 Å². The van der Waals surface area contributed by atoms with E-state index in [0.717, 1.165) is 53.4 Å². The van der Waals surface area contributed by atoms with Gasteiger partial charge in [-0.3, -0.25) is 4.79 Å². The van der Waals surface area contributed by atoms with Crippen molar-refractivity contribution >= 4 is 16.6 Å². The lowest BCUT2D eigenvalue weighted by Crippen LogP contribution is -2.20. The predicted octanol–water partition coefficient (Wildman–Crippen LogP) is 6.17. The number of fused-ring (bicyclic) bond motifs is 2. The summed E-state index contributed by atoms with van der Waals surface area (Å²) in [6.45, 7) is 3.00. The number of Topliss-reactive ketones (excluding diaryl/α,β-unsaturated/α-hetero) is 1. The molecule has 1 aliphatic carbocycles. The lowest BCUT2D eigenvalue weighted by atomic mass is 9.86. The Balaban J connectivity index is 1.70. The minimum Gasteiger partial charge on any atom is -0.350 e. The monoisotopic (exact) mass is 361 g/mol. The highest BCUT2D eigenvalue weighted by atomic mass is 19.1. The van der Waals surface area contributed by atoms with E-state index in [1.165, 1.54) is 0 Å². The maximum Gasteiger partial charge on any atom is 0.191 e. The molecule has 0 bridgehead atoms. The first-order chi connectivity index (χ1) is 13.2. The average Bonchev–Trinajstić information content (AvgIpc) is 3.05. The Hall–Kier alpha value is -2.68. The molecule has 1 aliphatic heterocycles. The number of benzene rings is 2. The van der Waals surface area contributed by atoms with E-state index in [2.05, 4.69) is 11.8 Å². The molecule has 0 saturated carbocycles. The molecule has 2 nitrogen and oxygen atoms in total. The van der Waals surface area contributed by atoms with E-state index >= 15 is 0 Å². The Bertz CT molecular complexity index is 964. The second-order valence-corrected chi connectivity index (χ2v) is 7.29. The van der Waals surface area contributed by atoms with Crippen LogP contribution < -0.4 is 0 Å². The quantitative estimate of drug-likeness (QED) is 0.453. The molecule has 3 heteroatoms. The first-order valence-corrected chi connectivity index (χ1v) is 9.77. The summed E-state index contributed by atoms with van der Waals surface area (Å²) in [5.41, 5.74) is 2.43. The third kappa shape index (κ3) is 3.34. The molecule has 4 rings (SSSR count). The highest BCUT2D eigenvalue weighted by Crippen LogP contribution is 2.40. The zero-order valence-corrected chi connectivity index (χ0v) is 15.6. The summed E-state index contributed by atoms with van der Waals surface area (Å²) < 4.78 is 13.9. The third-order valence-corrected chi connectivity index (χ3v) is 5.49. The zero-order chi connectivity index (χ0) is 18.8. The largest absolute Gasteiger partial charge is 0.350 e. The Morgan fingerprint density at radius 2 is 1.96 bits per heavy atom. The Labute approximate surface area is 159 Å². The van der Waals surface area contributed by atoms with Gasteiger partial charge >= 0.3 is 0 Å². The SMILES string of the molecule is CCCCCN1C=C(C(=O)c2cccc3ccccc23)C2CC=C(F)C=C21. The van der Waals surface area contributed by atoms with Crippen molar-refractivity contribution in [3.8, 4) is 0 Å². The molecule has 1 heterocycles. The molecule has 1 unspecified atom stereocenters. The summed E-state index contributed by atoms with van der Waals surface area (Å²) in [5, 5.41) is 2.03. The van der Waals surface area contributed by atoms with Crippen LogP contribution in [-0.4, -0.2) is 17.2 Å². The van der Waals surface area contributed by atoms with Crippen LogP contribution in [0, 0.1) is 5.92 Å². The van der Waals surface area contributed by atoms with Crippen molar-refractivity contribution in [1.29, 1.82) is 0 Å². The molecule has 0 N–H and O–H groups in total. The number of rotatable bonds is 6. The first-order valence-electron chi connectivity index (χ1n) is 9.77. The summed E-state index contributed by atoms with van der Waals surface area (Å²) in [6.07, 6.45) is 9.00. The van der Waals surface area contributed by atoms with Gasteiger partial charge in [0.05, 0.1) is 0 Å². The summed E-state index contributed by atoms with van der Waals surface area (Å²) in [4.78, 5) is 15.5. The van der Waals surface area contributed by atoms with Gasteiger partial charge in [0.1, 0.15) is 5.83 Å². The molecule has 2 aliphatic rings. The molecule has 0 fully saturated rings. The van der Waals surface area contributed by atoms with E-state index in [9.17, 15) is 9.18 Å². The summed E-state index contributed by atoms with van der Waals surface area (Å²) in [6, 6.07) is 13.8. The van der Waals surface area contributed by atoms with Crippen LogP contribution in [0.4, 0.5) is 4.39 Å².